The van der Waals surface area contributed by atoms with Crippen LogP contribution in [-0.2, 0) is 6.61 Å². The summed E-state index contributed by atoms with van der Waals surface area (Å²) in [4.78, 5) is 0. The van der Waals surface area contributed by atoms with Gasteiger partial charge in [0.25, 0.3) is 0 Å². The Morgan fingerprint density at radius 1 is 1.58 bits per heavy atom. The van der Waals surface area contributed by atoms with Crippen molar-refractivity contribution in [3.8, 4) is 6.07 Å². The zero-order valence-electron chi connectivity index (χ0n) is 6.01. The molecule has 12 heavy (non-hydrogen) atoms. The lowest BCUT2D eigenvalue weighted by atomic mass is 10.1. The first kappa shape index (κ1) is 9.42. The van der Waals surface area contributed by atoms with E-state index in [1.54, 1.807) is 0 Å². The smallest absolute Gasteiger partial charge is 0.124 e. The maximum Gasteiger partial charge on any atom is 0.124 e. The minimum Gasteiger partial charge on any atom is -0.392 e. The summed E-state index contributed by atoms with van der Waals surface area (Å²) in [6, 6.07) is 4.23. The van der Waals surface area contributed by atoms with Gasteiger partial charge in [-0.1, -0.05) is 0 Å². The van der Waals surface area contributed by atoms with Crippen LogP contribution in [0.15, 0.2) is 12.1 Å². The van der Waals surface area contributed by atoms with Gasteiger partial charge in [0.05, 0.1) is 12.2 Å². The summed E-state index contributed by atoms with van der Waals surface area (Å²) in [7, 11) is 0. The Balaban J connectivity index is 3.34. The van der Waals surface area contributed by atoms with Gasteiger partial charge >= 0.3 is 0 Å². The Kier molecular flexibility index (Phi) is 3.00. The number of aliphatic hydroxyl groups excluding tert-OH is 1. The molecule has 0 aromatic heterocycles. The molecule has 0 saturated carbocycles. The molecule has 0 atom stereocenters. The zero-order chi connectivity index (χ0) is 9.14. The van der Waals surface area contributed by atoms with Crippen LogP contribution in [0.5, 0.6) is 0 Å². The summed E-state index contributed by atoms with van der Waals surface area (Å²) in [5, 5.41) is 17.3. The lowest BCUT2D eigenvalue weighted by Gasteiger charge is -2.01. The van der Waals surface area contributed by atoms with Crippen molar-refractivity contribution in [2.45, 2.75) is 6.61 Å². The highest BCUT2D eigenvalue weighted by Crippen LogP contribution is 2.18. The van der Waals surface area contributed by atoms with E-state index in [2.05, 4.69) is 0 Å². The van der Waals surface area contributed by atoms with Crippen LogP contribution in [0.2, 0.25) is 0 Å². The van der Waals surface area contributed by atoms with Gasteiger partial charge in [0, 0.05) is 3.57 Å². The molecule has 0 unspecified atom stereocenters. The van der Waals surface area contributed by atoms with Gasteiger partial charge < -0.3 is 5.11 Å². The standard InChI is InChI=1S/C8H5FINO/c9-7-1-5(3-11)8(10)6(2-7)4-12/h1-2,12H,4H2. The monoisotopic (exact) mass is 277 g/mol. The van der Waals surface area contributed by atoms with Crippen LogP contribution in [0.3, 0.4) is 0 Å². The highest BCUT2D eigenvalue weighted by Gasteiger charge is 2.06. The lowest BCUT2D eigenvalue weighted by Crippen LogP contribution is -1.94. The van der Waals surface area contributed by atoms with Crippen LogP contribution in [-0.4, -0.2) is 5.11 Å². The summed E-state index contributed by atoms with van der Waals surface area (Å²) in [5.74, 6) is -0.490. The average Bonchev–Trinajstić information content (AvgIpc) is 2.08. The Morgan fingerprint density at radius 2 is 2.25 bits per heavy atom. The fraction of sp³-hybridized carbons (Fsp3) is 0.125. The molecule has 2 nitrogen and oxygen atoms in total. The average molecular weight is 277 g/mol. The molecule has 1 N–H and O–H groups in total. The number of nitriles is 1. The van der Waals surface area contributed by atoms with E-state index >= 15 is 0 Å². The van der Waals surface area contributed by atoms with Crippen molar-refractivity contribution in [3.05, 3.63) is 32.6 Å². The fourth-order valence-corrected chi connectivity index (χ4v) is 1.44. The van der Waals surface area contributed by atoms with E-state index in [-0.39, 0.29) is 12.2 Å². The van der Waals surface area contributed by atoms with Gasteiger partial charge in [-0.3, -0.25) is 0 Å². The fourth-order valence-electron chi connectivity index (χ4n) is 0.842. The van der Waals surface area contributed by atoms with Crippen molar-refractivity contribution in [1.82, 2.24) is 0 Å². The minimum absolute atomic E-state index is 0.245. The third-order valence-electron chi connectivity index (χ3n) is 1.40. The molecule has 1 rings (SSSR count). The van der Waals surface area contributed by atoms with E-state index < -0.39 is 5.82 Å². The number of rotatable bonds is 1. The molecule has 0 saturated heterocycles. The molecule has 0 aliphatic rings. The van der Waals surface area contributed by atoms with Gasteiger partial charge in [-0.25, -0.2) is 4.39 Å². The Labute approximate surface area is 82.8 Å². The molecule has 0 bridgehead atoms. The molecule has 0 heterocycles. The van der Waals surface area contributed by atoms with Gasteiger partial charge in [-0.05, 0) is 40.3 Å². The normalized spacial score (nSPS) is 9.50. The topological polar surface area (TPSA) is 44.0 Å². The largest absolute Gasteiger partial charge is 0.392 e. The van der Waals surface area contributed by atoms with Crippen molar-refractivity contribution in [2.75, 3.05) is 0 Å². The van der Waals surface area contributed by atoms with Crippen molar-refractivity contribution in [3.63, 3.8) is 0 Å². The van der Waals surface area contributed by atoms with Gasteiger partial charge in [-0.2, -0.15) is 5.26 Å². The van der Waals surface area contributed by atoms with E-state index in [0.29, 0.717) is 9.13 Å². The predicted octanol–water partition coefficient (Wildman–Crippen LogP) is 1.79. The molecule has 0 spiro atoms. The molecular formula is C8H5FINO. The molecule has 0 aliphatic heterocycles. The van der Waals surface area contributed by atoms with E-state index in [1.807, 2.05) is 28.7 Å². The van der Waals surface area contributed by atoms with Crippen LogP contribution >= 0.6 is 22.6 Å². The molecule has 1 aromatic carbocycles. The van der Waals surface area contributed by atoms with Gasteiger partial charge in [-0.15, -0.1) is 0 Å². The molecule has 62 valence electrons. The zero-order valence-corrected chi connectivity index (χ0v) is 8.17. The minimum atomic E-state index is -0.490. The van der Waals surface area contributed by atoms with Crippen LogP contribution in [0.4, 0.5) is 4.39 Å². The maximum absolute atomic E-state index is 12.7. The van der Waals surface area contributed by atoms with Crippen LogP contribution in [0.25, 0.3) is 0 Å². The summed E-state index contributed by atoms with van der Waals surface area (Å²) >= 11 is 1.91. The van der Waals surface area contributed by atoms with Gasteiger partial charge in [0.15, 0.2) is 0 Å². The quantitative estimate of drug-likeness (QED) is 0.795. The predicted molar refractivity (Wildman–Crippen MR) is 49.8 cm³/mol. The van der Waals surface area contributed by atoms with E-state index in [0.717, 1.165) is 6.07 Å². The molecule has 0 radical (unpaired) electrons. The lowest BCUT2D eigenvalue weighted by molar-refractivity contribution is 0.280. The highest BCUT2D eigenvalue weighted by molar-refractivity contribution is 14.1. The van der Waals surface area contributed by atoms with Crippen molar-refractivity contribution >= 4 is 22.6 Å². The first-order valence-corrected chi connectivity index (χ1v) is 4.25. The van der Waals surface area contributed by atoms with Crippen molar-refractivity contribution in [2.24, 2.45) is 0 Å². The van der Waals surface area contributed by atoms with E-state index in [4.69, 9.17) is 10.4 Å². The SMILES string of the molecule is N#Cc1cc(F)cc(CO)c1I. The molecule has 0 amide bonds. The van der Waals surface area contributed by atoms with Crippen molar-refractivity contribution in [1.29, 1.82) is 5.26 Å². The van der Waals surface area contributed by atoms with Crippen LogP contribution < -0.4 is 0 Å². The Hall–Kier alpha value is -0.670. The first-order chi connectivity index (χ1) is 5.69. The summed E-state index contributed by atoms with van der Waals surface area (Å²) in [6.07, 6.45) is 0. The molecule has 0 aliphatic carbocycles. The van der Waals surface area contributed by atoms with E-state index in [9.17, 15) is 4.39 Å². The number of halogens is 2. The maximum atomic E-state index is 12.7. The first-order valence-electron chi connectivity index (χ1n) is 3.18. The van der Waals surface area contributed by atoms with Gasteiger partial charge in [0.1, 0.15) is 11.9 Å². The van der Waals surface area contributed by atoms with Gasteiger partial charge in [0.2, 0.25) is 0 Å². The second-order valence-electron chi connectivity index (χ2n) is 2.20. The molecule has 1 aromatic rings. The highest BCUT2D eigenvalue weighted by atomic mass is 127. The number of hydrogen-bond donors (Lipinski definition) is 1. The van der Waals surface area contributed by atoms with E-state index in [1.165, 1.54) is 6.07 Å². The summed E-state index contributed by atoms with van der Waals surface area (Å²) in [5.41, 5.74) is 0.715. The molecular weight excluding hydrogens is 272 g/mol. The summed E-state index contributed by atoms with van der Waals surface area (Å²) < 4.78 is 13.3. The Bertz CT molecular complexity index is 346. The third kappa shape index (κ3) is 1.73. The van der Waals surface area contributed by atoms with Crippen molar-refractivity contribution < 1.29 is 9.50 Å². The molecule has 4 heteroatoms. The number of benzene rings is 1. The molecule has 0 fully saturated rings. The summed E-state index contributed by atoms with van der Waals surface area (Å²) in [6.45, 7) is -0.245. The number of hydrogen-bond acceptors (Lipinski definition) is 2. The van der Waals surface area contributed by atoms with Crippen LogP contribution in [0, 0.1) is 20.7 Å². The number of nitrogens with zero attached hydrogens (tertiary/aromatic N) is 1. The second kappa shape index (κ2) is 3.83. The van der Waals surface area contributed by atoms with Crippen LogP contribution in [0.1, 0.15) is 11.1 Å². The number of aliphatic hydroxyl groups is 1. The Morgan fingerprint density at radius 3 is 2.75 bits per heavy atom. The second-order valence-corrected chi connectivity index (χ2v) is 3.28. The third-order valence-corrected chi connectivity index (χ3v) is 2.68.